The molecule has 0 fully saturated rings. The molecule has 5 heteroatoms. The number of hydrogen-bond acceptors (Lipinski definition) is 3. The number of aliphatic carboxylic acids is 1. The van der Waals surface area contributed by atoms with Gasteiger partial charge in [-0.2, -0.15) is 0 Å². The van der Waals surface area contributed by atoms with Crippen LogP contribution in [0.3, 0.4) is 0 Å². The van der Waals surface area contributed by atoms with Crippen molar-refractivity contribution in [1.29, 1.82) is 0 Å². The van der Waals surface area contributed by atoms with Gasteiger partial charge in [-0.3, -0.25) is 9.59 Å². The molecular formula is C12H24N2O3. The maximum Gasteiger partial charge on any atom is 0.325 e. The maximum atomic E-state index is 11.4. The first-order valence-corrected chi connectivity index (χ1v) is 6.18. The van der Waals surface area contributed by atoms with Gasteiger partial charge in [0.05, 0.1) is 0 Å². The van der Waals surface area contributed by atoms with Gasteiger partial charge >= 0.3 is 5.97 Å². The summed E-state index contributed by atoms with van der Waals surface area (Å²) < 4.78 is 0. The SMILES string of the molecule is CCCCN(C)CCCC(=O)NC(C)C(=O)O. The van der Waals surface area contributed by atoms with E-state index >= 15 is 0 Å². The van der Waals surface area contributed by atoms with Crippen molar-refractivity contribution < 1.29 is 14.7 Å². The van der Waals surface area contributed by atoms with Gasteiger partial charge in [0.25, 0.3) is 0 Å². The molecule has 0 aliphatic carbocycles. The van der Waals surface area contributed by atoms with Crippen LogP contribution >= 0.6 is 0 Å². The van der Waals surface area contributed by atoms with Gasteiger partial charge in [-0.05, 0) is 39.9 Å². The zero-order chi connectivity index (χ0) is 13.3. The second-order valence-corrected chi connectivity index (χ2v) is 4.39. The molecule has 2 N–H and O–H groups in total. The van der Waals surface area contributed by atoms with Crippen molar-refractivity contribution >= 4 is 11.9 Å². The Balaban J connectivity index is 3.60. The smallest absolute Gasteiger partial charge is 0.325 e. The Morgan fingerprint density at radius 1 is 1.29 bits per heavy atom. The quantitative estimate of drug-likeness (QED) is 0.637. The van der Waals surface area contributed by atoms with E-state index in [4.69, 9.17) is 5.11 Å². The Hall–Kier alpha value is -1.10. The number of carboxylic acid groups (broad SMARTS) is 1. The highest BCUT2D eigenvalue weighted by molar-refractivity contribution is 5.83. The molecule has 0 aliphatic rings. The van der Waals surface area contributed by atoms with E-state index in [1.807, 2.05) is 7.05 Å². The van der Waals surface area contributed by atoms with E-state index in [0.29, 0.717) is 6.42 Å². The fourth-order valence-electron chi connectivity index (χ4n) is 1.42. The molecule has 0 bridgehead atoms. The normalized spacial score (nSPS) is 12.5. The van der Waals surface area contributed by atoms with Crippen molar-refractivity contribution in [1.82, 2.24) is 10.2 Å². The minimum atomic E-state index is -1.00. The summed E-state index contributed by atoms with van der Waals surface area (Å²) in [5, 5.41) is 11.1. The number of nitrogens with zero attached hydrogens (tertiary/aromatic N) is 1. The first kappa shape index (κ1) is 15.9. The van der Waals surface area contributed by atoms with Crippen LogP contribution in [0.2, 0.25) is 0 Å². The third-order valence-corrected chi connectivity index (χ3v) is 2.58. The molecule has 0 radical (unpaired) electrons. The molecule has 5 nitrogen and oxygen atoms in total. The number of hydrogen-bond donors (Lipinski definition) is 2. The van der Waals surface area contributed by atoms with Crippen molar-refractivity contribution in [2.24, 2.45) is 0 Å². The molecule has 0 rings (SSSR count). The van der Waals surface area contributed by atoms with E-state index in [2.05, 4.69) is 17.1 Å². The van der Waals surface area contributed by atoms with Gasteiger partial charge < -0.3 is 15.3 Å². The molecule has 1 atom stereocenters. The van der Waals surface area contributed by atoms with E-state index in [-0.39, 0.29) is 5.91 Å². The monoisotopic (exact) mass is 244 g/mol. The van der Waals surface area contributed by atoms with Gasteiger partial charge in [0.1, 0.15) is 6.04 Å². The molecule has 0 aromatic rings. The third kappa shape index (κ3) is 8.68. The molecule has 17 heavy (non-hydrogen) atoms. The van der Waals surface area contributed by atoms with E-state index in [0.717, 1.165) is 19.5 Å². The summed E-state index contributed by atoms with van der Waals surface area (Å²) in [5.41, 5.74) is 0. The highest BCUT2D eigenvalue weighted by Crippen LogP contribution is 1.97. The summed E-state index contributed by atoms with van der Waals surface area (Å²) in [6, 6.07) is -0.805. The van der Waals surface area contributed by atoms with Crippen LogP contribution in [0.25, 0.3) is 0 Å². The summed E-state index contributed by atoms with van der Waals surface area (Å²) in [5.74, 6) is -1.19. The molecule has 1 amide bonds. The fraction of sp³-hybridized carbons (Fsp3) is 0.833. The Labute approximate surface area is 103 Å². The standard InChI is InChI=1S/C12H24N2O3/c1-4-5-8-14(3)9-6-7-11(15)13-10(2)12(16)17/h10H,4-9H2,1-3H3,(H,13,15)(H,16,17). The van der Waals surface area contributed by atoms with Gasteiger partial charge in [-0.15, -0.1) is 0 Å². The Morgan fingerprint density at radius 2 is 1.88 bits per heavy atom. The van der Waals surface area contributed by atoms with Crippen LogP contribution < -0.4 is 5.32 Å². The van der Waals surface area contributed by atoms with Crippen LogP contribution in [0.1, 0.15) is 39.5 Å². The summed E-state index contributed by atoms with van der Waals surface area (Å²) in [7, 11) is 2.04. The average molecular weight is 244 g/mol. The molecule has 0 spiro atoms. The zero-order valence-electron chi connectivity index (χ0n) is 11.0. The average Bonchev–Trinajstić information content (AvgIpc) is 2.26. The predicted octanol–water partition coefficient (Wildman–Crippen LogP) is 1.09. The number of carbonyl (C=O) groups excluding carboxylic acids is 1. The lowest BCUT2D eigenvalue weighted by Gasteiger charge is -2.16. The largest absolute Gasteiger partial charge is 0.480 e. The van der Waals surface area contributed by atoms with Crippen molar-refractivity contribution in [2.45, 2.75) is 45.6 Å². The van der Waals surface area contributed by atoms with Crippen LogP contribution in [-0.2, 0) is 9.59 Å². The Bertz CT molecular complexity index is 244. The van der Waals surface area contributed by atoms with Crippen LogP contribution in [0, 0.1) is 0 Å². The Kier molecular flexibility index (Phi) is 8.40. The maximum absolute atomic E-state index is 11.4. The topological polar surface area (TPSA) is 69.6 Å². The van der Waals surface area contributed by atoms with E-state index in [1.54, 1.807) is 0 Å². The van der Waals surface area contributed by atoms with E-state index in [1.165, 1.54) is 19.8 Å². The highest BCUT2D eigenvalue weighted by Gasteiger charge is 2.13. The number of carboxylic acids is 1. The van der Waals surface area contributed by atoms with Crippen molar-refractivity contribution in [3.63, 3.8) is 0 Å². The number of rotatable bonds is 9. The van der Waals surface area contributed by atoms with Crippen LogP contribution in [0.15, 0.2) is 0 Å². The van der Waals surface area contributed by atoms with Crippen molar-refractivity contribution in [2.75, 3.05) is 20.1 Å². The van der Waals surface area contributed by atoms with Gasteiger partial charge in [0, 0.05) is 6.42 Å². The third-order valence-electron chi connectivity index (χ3n) is 2.58. The van der Waals surface area contributed by atoms with Gasteiger partial charge in [0.2, 0.25) is 5.91 Å². The van der Waals surface area contributed by atoms with Gasteiger partial charge in [-0.1, -0.05) is 13.3 Å². The molecule has 0 aliphatic heterocycles. The summed E-state index contributed by atoms with van der Waals surface area (Å²) in [6.07, 6.45) is 3.48. The first-order chi connectivity index (χ1) is 7.97. The molecule has 0 saturated heterocycles. The number of nitrogens with one attached hydrogen (secondary N) is 1. The minimum absolute atomic E-state index is 0.191. The molecule has 0 aromatic heterocycles. The van der Waals surface area contributed by atoms with Crippen LogP contribution in [-0.4, -0.2) is 48.1 Å². The molecule has 0 saturated carbocycles. The second kappa shape index (κ2) is 8.98. The van der Waals surface area contributed by atoms with Crippen molar-refractivity contribution in [3.05, 3.63) is 0 Å². The molecule has 0 aromatic carbocycles. The van der Waals surface area contributed by atoms with E-state index < -0.39 is 12.0 Å². The lowest BCUT2D eigenvalue weighted by molar-refractivity contribution is -0.141. The lowest BCUT2D eigenvalue weighted by atomic mass is 10.2. The highest BCUT2D eigenvalue weighted by atomic mass is 16.4. The minimum Gasteiger partial charge on any atom is -0.480 e. The predicted molar refractivity (Wildman–Crippen MR) is 66.9 cm³/mol. The number of amides is 1. The zero-order valence-corrected chi connectivity index (χ0v) is 11.0. The van der Waals surface area contributed by atoms with Crippen molar-refractivity contribution in [3.8, 4) is 0 Å². The molecule has 0 heterocycles. The van der Waals surface area contributed by atoms with E-state index in [9.17, 15) is 9.59 Å². The molecule has 1 unspecified atom stereocenters. The van der Waals surface area contributed by atoms with Gasteiger partial charge in [-0.25, -0.2) is 0 Å². The van der Waals surface area contributed by atoms with Gasteiger partial charge in [0.15, 0.2) is 0 Å². The lowest BCUT2D eigenvalue weighted by Crippen LogP contribution is -2.38. The number of carbonyl (C=O) groups is 2. The second-order valence-electron chi connectivity index (χ2n) is 4.39. The summed E-state index contributed by atoms with van der Waals surface area (Å²) in [4.78, 5) is 24.1. The molecular weight excluding hydrogens is 220 g/mol. The number of unbranched alkanes of at least 4 members (excludes halogenated alkanes) is 1. The fourth-order valence-corrected chi connectivity index (χ4v) is 1.42. The summed E-state index contributed by atoms with van der Waals surface area (Å²) >= 11 is 0. The van der Waals surface area contributed by atoms with Crippen LogP contribution in [0.5, 0.6) is 0 Å². The Morgan fingerprint density at radius 3 is 2.41 bits per heavy atom. The van der Waals surface area contributed by atoms with Crippen LogP contribution in [0.4, 0.5) is 0 Å². The first-order valence-electron chi connectivity index (χ1n) is 6.18. The molecule has 100 valence electrons. The summed E-state index contributed by atoms with van der Waals surface area (Å²) in [6.45, 7) is 5.53.